The number of benzene rings is 9. The molecule has 0 heteroatoms. The van der Waals surface area contributed by atoms with Crippen molar-refractivity contribution in [3.8, 4) is 22.3 Å². The van der Waals surface area contributed by atoms with Gasteiger partial charge in [-0.1, -0.05) is 167 Å². The third kappa shape index (κ3) is 6.30. The number of rotatable bonds is 8. The summed E-state index contributed by atoms with van der Waals surface area (Å²) in [5.41, 5.74) is 16.9. The van der Waals surface area contributed by atoms with Gasteiger partial charge in [-0.2, -0.15) is 0 Å². The summed E-state index contributed by atoms with van der Waals surface area (Å²) >= 11 is 0. The van der Waals surface area contributed by atoms with Gasteiger partial charge >= 0.3 is 0 Å². The fraction of sp³-hybridized carbons (Fsp3) is 0.303. The molecule has 0 heterocycles. The zero-order valence-corrected chi connectivity index (χ0v) is 41.9. The lowest BCUT2D eigenvalue weighted by Crippen LogP contribution is -2.03. The van der Waals surface area contributed by atoms with Crippen molar-refractivity contribution < 1.29 is 0 Å². The maximum Gasteiger partial charge on any atom is -0.00195 e. The van der Waals surface area contributed by atoms with Crippen molar-refractivity contribution in [3.05, 3.63) is 154 Å². The first-order valence-corrected chi connectivity index (χ1v) is 25.1. The van der Waals surface area contributed by atoms with Crippen LogP contribution < -0.4 is 0 Å². The van der Waals surface area contributed by atoms with E-state index in [1.165, 1.54) is 153 Å². The number of aryl methyl sites for hydroxylation is 2. The van der Waals surface area contributed by atoms with Crippen molar-refractivity contribution >= 4 is 86.2 Å². The molecule has 0 aliphatic rings. The third-order valence-electron chi connectivity index (χ3n) is 15.6. The Hall–Kier alpha value is -5.98. The minimum absolute atomic E-state index is 0.394. The van der Waals surface area contributed by atoms with Gasteiger partial charge in [0.2, 0.25) is 0 Å². The second-order valence-electron chi connectivity index (χ2n) is 22.2. The van der Waals surface area contributed by atoms with Gasteiger partial charge in [-0.05, 0) is 228 Å². The molecule has 330 valence electrons. The predicted molar refractivity (Wildman–Crippen MR) is 294 cm³/mol. The lowest BCUT2D eigenvalue weighted by Gasteiger charge is -2.24. The minimum Gasteiger partial charge on any atom is -0.0587 e. The lowest BCUT2D eigenvalue weighted by atomic mass is 9.80. The lowest BCUT2D eigenvalue weighted by molar-refractivity contribution is 0.807. The molecule has 0 aliphatic carbocycles. The smallest absolute Gasteiger partial charge is 0.00195 e. The first-order chi connectivity index (χ1) is 31.5. The van der Waals surface area contributed by atoms with E-state index in [0.29, 0.717) is 35.5 Å². The highest BCUT2D eigenvalue weighted by Gasteiger charge is 2.26. The fourth-order valence-electron chi connectivity index (χ4n) is 12.1. The van der Waals surface area contributed by atoms with E-state index in [0.717, 1.165) is 0 Å². The molecule has 0 nitrogen and oxygen atoms in total. The maximum absolute atomic E-state index is 2.58. The van der Waals surface area contributed by atoms with Gasteiger partial charge in [0.1, 0.15) is 0 Å². The molecular formula is C66H66. The first-order valence-electron chi connectivity index (χ1n) is 25.1. The Morgan fingerprint density at radius 3 is 0.788 bits per heavy atom. The van der Waals surface area contributed by atoms with Crippen LogP contribution in [0.3, 0.4) is 0 Å². The minimum atomic E-state index is 0.394. The summed E-state index contributed by atoms with van der Waals surface area (Å²) in [4.78, 5) is 0. The molecule has 11 aromatic rings. The van der Waals surface area contributed by atoms with Crippen LogP contribution in [0, 0.1) is 13.8 Å². The molecule has 0 aromatic heterocycles. The van der Waals surface area contributed by atoms with Crippen LogP contribution in [-0.4, -0.2) is 0 Å². The van der Waals surface area contributed by atoms with Gasteiger partial charge in [0, 0.05) is 0 Å². The SMILES string of the molecule is Cc1ccc2c(c1)c1cc(-c3c(C(C)C)cc(C(C)C)cc3C(C)C)cc3c4ccc5c(cc6c7ccc(C)cc7c7cc(-c8c(C(C)C)cc(C(C)C)cc8C(C)C)cc5c76)c4cc2c31. The molecule has 0 fully saturated rings. The number of hydrogen-bond donors (Lipinski definition) is 0. The molecule has 0 bridgehead atoms. The van der Waals surface area contributed by atoms with Gasteiger partial charge in [-0.25, -0.2) is 0 Å². The molecule has 0 radical (unpaired) electrons. The Bertz CT molecular complexity index is 3460. The average Bonchev–Trinajstić information content (AvgIpc) is 3.76. The predicted octanol–water partition coefficient (Wildman–Crippen LogP) is 20.5. The van der Waals surface area contributed by atoms with E-state index in [1.807, 2.05) is 0 Å². The van der Waals surface area contributed by atoms with Crippen molar-refractivity contribution in [2.75, 3.05) is 0 Å². The van der Waals surface area contributed by atoms with Gasteiger partial charge in [-0.15, -0.1) is 0 Å². The summed E-state index contributed by atoms with van der Waals surface area (Å²) in [5.74, 6) is 2.52. The van der Waals surface area contributed by atoms with Crippen LogP contribution in [0.15, 0.2) is 109 Å². The van der Waals surface area contributed by atoms with Crippen molar-refractivity contribution in [2.24, 2.45) is 0 Å². The van der Waals surface area contributed by atoms with Crippen LogP contribution in [0.2, 0.25) is 0 Å². The van der Waals surface area contributed by atoms with E-state index >= 15 is 0 Å². The Labute approximate surface area is 392 Å². The van der Waals surface area contributed by atoms with Crippen LogP contribution in [0.25, 0.3) is 108 Å². The Morgan fingerprint density at radius 2 is 0.500 bits per heavy atom. The molecule has 0 amide bonds. The topological polar surface area (TPSA) is 0 Å². The summed E-state index contributed by atoms with van der Waals surface area (Å²) in [6.07, 6.45) is 0. The van der Waals surface area contributed by atoms with Crippen LogP contribution in [-0.2, 0) is 0 Å². The Balaban J connectivity index is 1.31. The summed E-state index contributed by atoms with van der Waals surface area (Å²) in [6, 6.07) is 44.7. The molecule has 0 atom stereocenters. The molecule has 0 unspecified atom stereocenters. The number of fused-ring (bicyclic) bond motifs is 11. The second kappa shape index (κ2) is 15.3. The van der Waals surface area contributed by atoms with E-state index in [-0.39, 0.29) is 0 Å². The molecule has 0 saturated carbocycles. The monoisotopic (exact) mass is 859 g/mol. The van der Waals surface area contributed by atoms with E-state index in [2.05, 4.69) is 206 Å². The molecular weight excluding hydrogens is 793 g/mol. The first kappa shape index (κ1) is 42.6. The molecule has 66 heavy (non-hydrogen) atoms. The molecule has 11 rings (SSSR count). The van der Waals surface area contributed by atoms with Gasteiger partial charge in [0.25, 0.3) is 0 Å². The van der Waals surface area contributed by atoms with Gasteiger partial charge in [0.05, 0.1) is 0 Å². The largest absolute Gasteiger partial charge is 0.0587 e. The van der Waals surface area contributed by atoms with Crippen LogP contribution >= 0.6 is 0 Å². The van der Waals surface area contributed by atoms with E-state index in [4.69, 9.17) is 0 Å². The molecule has 0 saturated heterocycles. The van der Waals surface area contributed by atoms with E-state index < -0.39 is 0 Å². The highest BCUT2D eigenvalue weighted by Crippen LogP contribution is 2.51. The molecule has 0 spiro atoms. The van der Waals surface area contributed by atoms with Gasteiger partial charge in [0.15, 0.2) is 0 Å². The second-order valence-corrected chi connectivity index (χ2v) is 22.2. The summed E-state index contributed by atoms with van der Waals surface area (Å²) < 4.78 is 0. The van der Waals surface area contributed by atoms with E-state index in [1.54, 1.807) is 0 Å². The normalized spacial score (nSPS) is 12.9. The molecule has 11 aromatic carbocycles. The Morgan fingerprint density at radius 1 is 0.242 bits per heavy atom. The average molecular weight is 859 g/mol. The zero-order chi connectivity index (χ0) is 46.4. The van der Waals surface area contributed by atoms with E-state index in [9.17, 15) is 0 Å². The van der Waals surface area contributed by atoms with Gasteiger partial charge < -0.3 is 0 Å². The Kier molecular flexibility index (Phi) is 9.87. The quantitative estimate of drug-likeness (QED) is 0.134. The summed E-state index contributed by atoms with van der Waals surface area (Å²) in [5, 5.41) is 21.7. The summed E-state index contributed by atoms with van der Waals surface area (Å²) in [7, 11) is 0. The van der Waals surface area contributed by atoms with Crippen molar-refractivity contribution in [3.63, 3.8) is 0 Å². The molecule has 0 N–H and O–H groups in total. The van der Waals surface area contributed by atoms with Gasteiger partial charge in [-0.3, -0.25) is 0 Å². The molecule has 0 aliphatic heterocycles. The zero-order valence-electron chi connectivity index (χ0n) is 41.9. The third-order valence-corrected chi connectivity index (χ3v) is 15.6. The van der Waals surface area contributed by atoms with Crippen molar-refractivity contribution in [1.29, 1.82) is 0 Å². The van der Waals surface area contributed by atoms with Crippen LogP contribution in [0.1, 0.15) is 163 Å². The number of hydrogen-bond acceptors (Lipinski definition) is 0. The highest BCUT2D eigenvalue weighted by molar-refractivity contribution is 6.40. The van der Waals surface area contributed by atoms with Crippen LogP contribution in [0.5, 0.6) is 0 Å². The standard InChI is InChI=1S/C66H66/c1-33(2)41-23-49(35(5)6)63(50(24-41)36(7)8)43-27-57-47-19-20-48-56(55(47)31-61-45-17-15-39(13)21-53(45)59(29-43)65(57)61)32-62-46-18-16-40(14)22-54(46)60-30-44(28-58(48)66(60)62)64-51(37(9)10)25-42(34(3)4)26-52(64)38(11)12/h15-38H,1-14H3. The van der Waals surface area contributed by atoms with Crippen molar-refractivity contribution in [1.82, 2.24) is 0 Å². The highest BCUT2D eigenvalue weighted by atomic mass is 14.3. The maximum atomic E-state index is 2.58. The van der Waals surface area contributed by atoms with Crippen molar-refractivity contribution in [2.45, 2.75) is 132 Å². The summed E-state index contributed by atoms with van der Waals surface area (Å²) in [6.45, 7) is 32.9. The van der Waals surface area contributed by atoms with Crippen LogP contribution in [0.4, 0.5) is 0 Å². The fourth-order valence-corrected chi connectivity index (χ4v) is 12.1.